The number of rotatable bonds is 6. The van der Waals surface area contributed by atoms with Gasteiger partial charge in [0.25, 0.3) is 5.91 Å². The molecule has 0 atom stereocenters. The number of amides is 2. The molecule has 0 spiro atoms. The van der Waals surface area contributed by atoms with Gasteiger partial charge < -0.3 is 4.72 Å². The molecule has 9 heteroatoms. The first kappa shape index (κ1) is 21.3. The van der Waals surface area contributed by atoms with E-state index in [-0.39, 0.29) is 17.7 Å². The van der Waals surface area contributed by atoms with Crippen molar-refractivity contribution >= 4 is 35.6 Å². The minimum atomic E-state index is -4.79. The van der Waals surface area contributed by atoms with Crippen molar-refractivity contribution in [2.45, 2.75) is 20.0 Å². The molecule has 28 heavy (non-hydrogen) atoms. The molecule has 2 aromatic rings. The van der Waals surface area contributed by atoms with Gasteiger partial charge in [-0.3, -0.25) is 9.59 Å². The van der Waals surface area contributed by atoms with Crippen molar-refractivity contribution in [3.8, 4) is 6.07 Å². The lowest BCUT2D eigenvalue weighted by molar-refractivity contribution is -0.137. The Morgan fingerprint density at radius 2 is 2.00 bits per heavy atom. The third kappa shape index (κ3) is 4.64. The number of alkyl halides is 3. The average Bonchev–Trinajstić information content (AvgIpc) is 2.66. The van der Waals surface area contributed by atoms with Crippen LogP contribution in [0.4, 0.5) is 24.5 Å². The maximum atomic E-state index is 13.2. The molecule has 2 rings (SSSR count). The Hall–Kier alpha value is -2.99. The molecular formula is C19H16F3N3O2S. The van der Waals surface area contributed by atoms with Crippen LogP contribution in [0.15, 0.2) is 36.4 Å². The molecule has 146 valence electrons. The molecule has 0 aliphatic carbocycles. The molecule has 0 aliphatic heterocycles. The number of halogens is 3. The van der Waals surface area contributed by atoms with Crippen LogP contribution in [0.3, 0.4) is 0 Å². The van der Waals surface area contributed by atoms with Crippen molar-refractivity contribution in [1.82, 2.24) is 0 Å². The Balaban J connectivity index is 2.42. The van der Waals surface area contributed by atoms with Crippen LogP contribution in [-0.2, 0) is 11.0 Å². The molecule has 0 bridgehead atoms. The van der Waals surface area contributed by atoms with Crippen LogP contribution in [0.2, 0.25) is 0 Å². The molecule has 0 saturated heterocycles. The van der Waals surface area contributed by atoms with Crippen LogP contribution in [0.1, 0.15) is 34.0 Å². The largest absolute Gasteiger partial charge is 0.417 e. The van der Waals surface area contributed by atoms with Crippen LogP contribution in [0.5, 0.6) is 0 Å². The van der Waals surface area contributed by atoms with Crippen molar-refractivity contribution in [2.24, 2.45) is 0 Å². The fourth-order valence-electron chi connectivity index (χ4n) is 2.49. The molecule has 1 N–H and O–H groups in total. The SMILES string of the molecule is CCSNc1ccc(C(=O)N(C=O)c2ccc(C#N)c(C(F)(F)F)c2)c(C)c1. The summed E-state index contributed by atoms with van der Waals surface area (Å²) in [5.41, 5.74) is -0.569. The summed E-state index contributed by atoms with van der Waals surface area (Å²) < 4.78 is 42.6. The van der Waals surface area contributed by atoms with Crippen LogP contribution in [-0.4, -0.2) is 18.1 Å². The lowest BCUT2D eigenvalue weighted by Gasteiger charge is -2.19. The number of imide groups is 1. The molecule has 0 radical (unpaired) electrons. The summed E-state index contributed by atoms with van der Waals surface area (Å²) in [5.74, 6) is 0.0684. The van der Waals surface area contributed by atoms with Gasteiger partial charge in [0.1, 0.15) is 0 Å². The third-order valence-corrected chi connectivity index (χ3v) is 4.49. The van der Waals surface area contributed by atoms with E-state index >= 15 is 0 Å². The maximum Gasteiger partial charge on any atom is 0.417 e. The molecule has 0 saturated carbocycles. The summed E-state index contributed by atoms with van der Waals surface area (Å²) in [5, 5.41) is 8.87. The smallest absolute Gasteiger partial charge is 0.330 e. The van der Waals surface area contributed by atoms with E-state index in [0.717, 1.165) is 23.6 Å². The Kier molecular flexibility index (Phi) is 6.70. The molecule has 0 unspecified atom stereocenters. The topological polar surface area (TPSA) is 73.2 Å². The van der Waals surface area contributed by atoms with E-state index in [1.807, 2.05) is 6.92 Å². The number of nitrogens with one attached hydrogen (secondary N) is 1. The number of nitriles is 1. The number of nitrogens with zero attached hydrogens (tertiary/aromatic N) is 2. The number of carbonyl (C=O) groups is 2. The highest BCUT2D eigenvalue weighted by Gasteiger charge is 2.34. The highest BCUT2D eigenvalue weighted by molar-refractivity contribution is 8.00. The zero-order valence-corrected chi connectivity index (χ0v) is 15.8. The predicted octanol–water partition coefficient (Wildman–Crippen LogP) is 4.77. The molecule has 5 nitrogen and oxygen atoms in total. The minimum Gasteiger partial charge on any atom is -0.330 e. The Morgan fingerprint density at radius 1 is 1.29 bits per heavy atom. The second-order valence-electron chi connectivity index (χ2n) is 5.68. The Morgan fingerprint density at radius 3 is 2.54 bits per heavy atom. The monoisotopic (exact) mass is 407 g/mol. The molecule has 0 aliphatic rings. The average molecular weight is 407 g/mol. The maximum absolute atomic E-state index is 13.2. The molecule has 0 heterocycles. The number of aryl methyl sites for hydroxylation is 1. The summed E-state index contributed by atoms with van der Waals surface area (Å²) in [6, 6.07) is 8.99. The molecule has 0 fully saturated rings. The fraction of sp³-hybridized carbons (Fsp3) is 0.211. The van der Waals surface area contributed by atoms with E-state index in [1.54, 1.807) is 19.1 Å². The number of anilines is 2. The van der Waals surface area contributed by atoms with Gasteiger partial charge in [-0.15, -0.1) is 0 Å². The highest BCUT2D eigenvalue weighted by Crippen LogP contribution is 2.34. The van der Waals surface area contributed by atoms with E-state index in [1.165, 1.54) is 24.1 Å². The van der Waals surface area contributed by atoms with E-state index in [2.05, 4.69) is 4.72 Å². The van der Waals surface area contributed by atoms with E-state index in [4.69, 9.17) is 5.26 Å². The second-order valence-corrected chi connectivity index (χ2v) is 6.75. The Labute approximate surface area is 164 Å². The molecule has 2 amide bonds. The zero-order chi connectivity index (χ0) is 20.9. The van der Waals surface area contributed by atoms with Crippen molar-refractivity contribution in [2.75, 3.05) is 15.4 Å². The van der Waals surface area contributed by atoms with Gasteiger partial charge in [-0.05, 0) is 48.9 Å². The minimum absolute atomic E-state index is 0.155. The van der Waals surface area contributed by atoms with Crippen molar-refractivity contribution < 1.29 is 22.8 Å². The first-order chi connectivity index (χ1) is 13.2. The number of hydrogen-bond acceptors (Lipinski definition) is 5. The van der Waals surface area contributed by atoms with Gasteiger partial charge in [0.05, 0.1) is 22.9 Å². The highest BCUT2D eigenvalue weighted by atomic mass is 32.2. The summed E-state index contributed by atoms with van der Waals surface area (Å²) in [4.78, 5) is 24.8. The van der Waals surface area contributed by atoms with Crippen molar-refractivity contribution in [3.63, 3.8) is 0 Å². The normalized spacial score (nSPS) is 10.9. The fourth-order valence-corrected chi connectivity index (χ4v) is 2.93. The van der Waals surface area contributed by atoms with Gasteiger partial charge >= 0.3 is 6.18 Å². The lowest BCUT2D eigenvalue weighted by Crippen LogP contribution is -2.30. The second kappa shape index (κ2) is 8.80. The standard InChI is InChI=1S/C19H16F3N3O2S/c1-3-28-24-14-5-7-16(12(2)8-14)18(27)25(11-26)15-6-4-13(10-23)17(9-15)19(20,21)22/h4-9,11,24H,3H2,1-2H3. The summed E-state index contributed by atoms with van der Waals surface area (Å²) in [7, 11) is 0. The van der Waals surface area contributed by atoms with Crippen LogP contribution >= 0.6 is 11.9 Å². The van der Waals surface area contributed by atoms with Gasteiger partial charge in [-0.25, -0.2) is 4.90 Å². The van der Waals surface area contributed by atoms with Gasteiger partial charge in [0.2, 0.25) is 6.41 Å². The van der Waals surface area contributed by atoms with Gasteiger partial charge in [-0.2, -0.15) is 18.4 Å². The first-order valence-electron chi connectivity index (χ1n) is 8.11. The summed E-state index contributed by atoms with van der Waals surface area (Å²) in [6.07, 6.45) is -4.64. The predicted molar refractivity (Wildman–Crippen MR) is 102 cm³/mol. The van der Waals surface area contributed by atoms with Gasteiger partial charge in [0, 0.05) is 17.0 Å². The van der Waals surface area contributed by atoms with E-state index in [0.29, 0.717) is 16.5 Å². The van der Waals surface area contributed by atoms with Crippen LogP contribution in [0, 0.1) is 18.3 Å². The zero-order valence-electron chi connectivity index (χ0n) is 15.0. The van der Waals surface area contributed by atoms with Gasteiger partial charge in [-0.1, -0.05) is 18.9 Å². The molecular weight excluding hydrogens is 391 g/mol. The first-order valence-corrected chi connectivity index (χ1v) is 9.10. The van der Waals surface area contributed by atoms with Crippen LogP contribution in [0.25, 0.3) is 0 Å². The number of hydrogen-bond donors (Lipinski definition) is 1. The van der Waals surface area contributed by atoms with Crippen molar-refractivity contribution in [3.05, 3.63) is 58.7 Å². The molecule has 2 aromatic carbocycles. The Bertz CT molecular complexity index is 939. The van der Waals surface area contributed by atoms with Crippen LogP contribution < -0.4 is 9.62 Å². The number of benzene rings is 2. The number of carbonyl (C=O) groups excluding carboxylic acids is 2. The van der Waals surface area contributed by atoms with Gasteiger partial charge in [0.15, 0.2) is 0 Å². The lowest BCUT2D eigenvalue weighted by atomic mass is 10.0. The summed E-state index contributed by atoms with van der Waals surface area (Å²) >= 11 is 1.46. The van der Waals surface area contributed by atoms with Crippen molar-refractivity contribution in [1.29, 1.82) is 5.26 Å². The van der Waals surface area contributed by atoms with E-state index < -0.39 is 23.2 Å². The quantitative estimate of drug-likeness (QED) is 0.552. The third-order valence-electron chi connectivity index (χ3n) is 3.82. The summed E-state index contributed by atoms with van der Waals surface area (Å²) in [6.45, 7) is 3.63. The van der Waals surface area contributed by atoms with E-state index in [9.17, 15) is 22.8 Å². The molecule has 0 aromatic heterocycles.